The lowest BCUT2D eigenvalue weighted by molar-refractivity contribution is 1.09. The Hall–Kier alpha value is -3.11. The molecule has 0 radical (unpaired) electrons. The van der Waals surface area contributed by atoms with E-state index >= 15 is 0 Å². The number of nitrogens with one attached hydrogen (secondary N) is 1. The highest BCUT2D eigenvalue weighted by Gasteiger charge is 2.06. The first-order chi connectivity index (χ1) is 10.4. The molecule has 0 aliphatic rings. The third kappa shape index (κ3) is 2.91. The Labute approximate surface area is 121 Å². The van der Waals surface area contributed by atoms with E-state index < -0.39 is 0 Å². The minimum Gasteiger partial charge on any atom is -0.365 e. The number of benzene rings is 2. The van der Waals surface area contributed by atoms with Crippen LogP contribution in [0.4, 0.5) is 11.8 Å². The van der Waals surface area contributed by atoms with Gasteiger partial charge < -0.3 is 5.32 Å². The quantitative estimate of drug-likeness (QED) is 0.440. The Kier molecular flexibility index (Phi) is 3.62. The maximum Gasteiger partial charge on any atom is 0.219 e. The summed E-state index contributed by atoms with van der Waals surface area (Å²) in [6.07, 6.45) is 0. The Morgan fingerprint density at radius 1 is 1.00 bits per heavy atom. The molecule has 2 aromatic carbocycles. The van der Waals surface area contributed by atoms with Gasteiger partial charge in [0, 0.05) is 16.8 Å². The van der Waals surface area contributed by atoms with Gasteiger partial charge in [0.25, 0.3) is 0 Å². The zero-order valence-corrected chi connectivity index (χ0v) is 11.1. The standard InChI is InChI=1S/C15H12N6/c16-21-20-15-18-13-9-5-4-8-12(13)14(19-15)17-10-11-6-2-1-3-7-11/h1-9H,10H2,(H,17,18,19). The average molecular weight is 276 g/mol. The van der Waals surface area contributed by atoms with Gasteiger partial charge in [0.2, 0.25) is 5.95 Å². The summed E-state index contributed by atoms with van der Waals surface area (Å²) in [7, 11) is 0. The first kappa shape index (κ1) is 12.9. The van der Waals surface area contributed by atoms with Crippen molar-refractivity contribution in [2.45, 2.75) is 6.54 Å². The van der Waals surface area contributed by atoms with E-state index in [1.807, 2.05) is 54.6 Å². The third-order valence-electron chi connectivity index (χ3n) is 3.03. The van der Waals surface area contributed by atoms with Gasteiger partial charge in [-0.3, -0.25) is 0 Å². The van der Waals surface area contributed by atoms with Gasteiger partial charge in [-0.05, 0) is 28.3 Å². The summed E-state index contributed by atoms with van der Waals surface area (Å²) in [6.45, 7) is 0.636. The van der Waals surface area contributed by atoms with E-state index in [0.29, 0.717) is 12.4 Å². The molecule has 0 unspecified atom stereocenters. The van der Waals surface area contributed by atoms with Crippen LogP contribution in [0.5, 0.6) is 0 Å². The molecule has 0 spiro atoms. The van der Waals surface area contributed by atoms with Crippen molar-refractivity contribution in [2.24, 2.45) is 5.11 Å². The zero-order chi connectivity index (χ0) is 14.5. The van der Waals surface area contributed by atoms with Gasteiger partial charge in [0.1, 0.15) is 5.82 Å². The molecule has 3 rings (SSSR count). The number of nitrogens with zero attached hydrogens (tertiary/aromatic N) is 5. The fourth-order valence-electron chi connectivity index (χ4n) is 2.07. The molecule has 0 saturated heterocycles. The summed E-state index contributed by atoms with van der Waals surface area (Å²) < 4.78 is 0. The topological polar surface area (TPSA) is 86.6 Å². The average Bonchev–Trinajstić information content (AvgIpc) is 2.54. The van der Waals surface area contributed by atoms with Crippen LogP contribution in [0.2, 0.25) is 0 Å². The number of para-hydroxylation sites is 1. The van der Waals surface area contributed by atoms with E-state index in [1.165, 1.54) is 0 Å². The number of azide groups is 1. The van der Waals surface area contributed by atoms with E-state index in [9.17, 15) is 0 Å². The summed E-state index contributed by atoms with van der Waals surface area (Å²) in [5, 5.41) is 7.65. The SMILES string of the molecule is [N-]=[N+]=Nc1nc(NCc2ccccc2)c2ccccc2n1. The molecule has 1 N–H and O–H groups in total. The number of rotatable bonds is 4. The fourth-order valence-corrected chi connectivity index (χ4v) is 2.07. The molecule has 0 amide bonds. The zero-order valence-electron chi connectivity index (χ0n) is 11.1. The minimum atomic E-state index is 0.117. The van der Waals surface area contributed by atoms with Crippen LogP contribution < -0.4 is 5.32 Å². The number of hydrogen-bond donors (Lipinski definition) is 1. The maximum absolute atomic E-state index is 8.55. The van der Waals surface area contributed by atoms with Gasteiger partial charge in [-0.2, -0.15) is 0 Å². The largest absolute Gasteiger partial charge is 0.365 e. The van der Waals surface area contributed by atoms with E-state index in [4.69, 9.17) is 5.53 Å². The molecule has 0 atom stereocenters. The summed E-state index contributed by atoms with van der Waals surface area (Å²) in [5.74, 6) is 0.776. The van der Waals surface area contributed by atoms with Crippen LogP contribution in [0.25, 0.3) is 21.3 Å². The van der Waals surface area contributed by atoms with Crippen LogP contribution in [0.3, 0.4) is 0 Å². The molecule has 6 nitrogen and oxygen atoms in total. The van der Waals surface area contributed by atoms with Crippen molar-refractivity contribution in [2.75, 3.05) is 5.32 Å². The maximum atomic E-state index is 8.55. The van der Waals surface area contributed by atoms with Gasteiger partial charge in [-0.15, -0.1) is 0 Å². The summed E-state index contributed by atoms with van der Waals surface area (Å²) in [5.41, 5.74) is 10.4. The molecule has 102 valence electrons. The molecule has 0 aliphatic carbocycles. The van der Waals surface area contributed by atoms with Crippen molar-refractivity contribution in [1.29, 1.82) is 0 Å². The van der Waals surface area contributed by atoms with Gasteiger partial charge in [0.15, 0.2) is 0 Å². The lowest BCUT2D eigenvalue weighted by atomic mass is 10.2. The lowest BCUT2D eigenvalue weighted by Crippen LogP contribution is -2.02. The van der Waals surface area contributed by atoms with Crippen LogP contribution in [0.15, 0.2) is 59.7 Å². The van der Waals surface area contributed by atoms with Crippen LogP contribution >= 0.6 is 0 Å². The smallest absolute Gasteiger partial charge is 0.219 e. The first-order valence-electron chi connectivity index (χ1n) is 6.46. The number of hydrogen-bond acceptors (Lipinski definition) is 4. The van der Waals surface area contributed by atoms with Gasteiger partial charge >= 0.3 is 0 Å². The Morgan fingerprint density at radius 2 is 1.76 bits per heavy atom. The van der Waals surface area contributed by atoms with Crippen molar-refractivity contribution in [1.82, 2.24) is 9.97 Å². The van der Waals surface area contributed by atoms with E-state index in [-0.39, 0.29) is 5.95 Å². The summed E-state index contributed by atoms with van der Waals surface area (Å²) >= 11 is 0. The van der Waals surface area contributed by atoms with E-state index in [2.05, 4.69) is 25.3 Å². The predicted molar refractivity (Wildman–Crippen MR) is 82.1 cm³/mol. The second-order valence-corrected chi connectivity index (χ2v) is 4.42. The molecule has 3 aromatic rings. The van der Waals surface area contributed by atoms with Crippen LogP contribution in [-0.4, -0.2) is 9.97 Å². The molecule has 1 heterocycles. The first-order valence-corrected chi connectivity index (χ1v) is 6.46. The lowest BCUT2D eigenvalue weighted by Gasteiger charge is -2.09. The van der Waals surface area contributed by atoms with Crippen molar-refractivity contribution in [3.63, 3.8) is 0 Å². The third-order valence-corrected chi connectivity index (χ3v) is 3.03. The molecular formula is C15H12N6. The Balaban J connectivity index is 1.97. The fraction of sp³-hybridized carbons (Fsp3) is 0.0667. The molecule has 6 heteroatoms. The van der Waals surface area contributed by atoms with Crippen molar-refractivity contribution < 1.29 is 0 Å². The van der Waals surface area contributed by atoms with E-state index in [0.717, 1.165) is 16.5 Å². The summed E-state index contributed by atoms with van der Waals surface area (Å²) in [4.78, 5) is 11.2. The number of fused-ring (bicyclic) bond motifs is 1. The van der Waals surface area contributed by atoms with Crippen LogP contribution in [0.1, 0.15) is 5.56 Å². The van der Waals surface area contributed by atoms with Crippen molar-refractivity contribution in [3.8, 4) is 0 Å². The molecule has 0 fully saturated rings. The van der Waals surface area contributed by atoms with Crippen molar-refractivity contribution in [3.05, 3.63) is 70.6 Å². The van der Waals surface area contributed by atoms with Gasteiger partial charge in [0.05, 0.1) is 5.52 Å². The Bertz CT molecular complexity index is 809. The highest BCUT2D eigenvalue weighted by molar-refractivity contribution is 5.89. The Morgan fingerprint density at radius 3 is 2.57 bits per heavy atom. The number of aromatic nitrogens is 2. The van der Waals surface area contributed by atoms with E-state index in [1.54, 1.807) is 0 Å². The highest BCUT2D eigenvalue weighted by Crippen LogP contribution is 2.23. The normalized spacial score (nSPS) is 10.1. The molecule has 0 aliphatic heterocycles. The second-order valence-electron chi connectivity index (χ2n) is 4.42. The molecule has 1 aromatic heterocycles. The summed E-state index contributed by atoms with van der Waals surface area (Å²) in [6, 6.07) is 17.6. The second kappa shape index (κ2) is 5.90. The monoisotopic (exact) mass is 276 g/mol. The molecule has 21 heavy (non-hydrogen) atoms. The molecular weight excluding hydrogens is 264 g/mol. The highest BCUT2D eigenvalue weighted by atomic mass is 15.2. The predicted octanol–water partition coefficient (Wildman–Crippen LogP) is 4.18. The van der Waals surface area contributed by atoms with Crippen molar-refractivity contribution >= 4 is 22.7 Å². The number of anilines is 1. The molecule has 0 saturated carbocycles. The van der Waals surface area contributed by atoms with Crippen LogP contribution in [0, 0.1) is 0 Å². The minimum absolute atomic E-state index is 0.117. The molecule has 0 bridgehead atoms. The van der Waals surface area contributed by atoms with Gasteiger partial charge in [-0.1, -0.05) is 42.5 Å². The van der Waals surface area contributed by atoms with Gasteiger partial charge in [-0.25, -0.2) is 9.97 Å². The van der Waals surface area contributed by atoms with Crippen LogP contribution in [-0.2, 0) is 6.54 Å².